The summed E-state index contributed by atoms with van der Waals surface area (Å²) in [4.78, 5) is 7.51. The van der Waals surface area contributed by atoms with Crippen LogP contribution >= 0.6 is 0 Å². The maximum absolute atomic E-state index is 8.82. The first-order valence-corrected chi connectivity index (χ1v) is 2.60. The van der Waals surface area contributed by atoms with E-state index in [0.717, 1.165) is 11.3 Å². The summed E-state index contributed by atoms with van der Waals surface area (Å²) in [6.07, 6.45) is 3.25. The molecule has 9 heavy (non-hydrogen) atoms. The van der Waals surface area contributed by atoms with Crippen LogP contribution in [0.4, 0.5) is 5.69 Å². The molecule has 1 aromatic heterocycles. The van der Waals surface area contributed by atoms with Crippen molar-refractivity contribution >= 4 is 11.6 Å². The third-order valence-electron chi connectivity index (χ3n) is 1.27. The number of aromatic nitrogens is 1. The van der Waals surface area contributed by atoms with Crippen molar-refractivity contribution in [2.75, 3.05) is 0 Å². The highest BCUT2D eigenvalue weighted by atomic mass is 16.3. The van der Waals surface area contributed by atoms with E-state index in [1.54, 1.807) is 18.5 Å². The van der Waals surface area contributed by atoms with Crippen LogP contribution in [0.15, 0.2) is 23.5 Å². The van der Waals surface area contributed by atoms with Crippen molar-refractivity contribution in [3.63, 3.8) is 0 Å². The Labute approximate surface area is 51.7 Å². The van der Waals surface area contributed by atoms with Crippen LogP contribution in [-0.2, 0) is 0 Å². The maximum Gasteiger partial charge on any atom is 0.221 e. The zero-order valence-corrected chi connectivity index (χ0v) is 4.57. The molecule has 0 saturated carbocycles. The summed E-state index contributed by atoms with van der Waals surface area (Å²) in [5.74, 6) is 0.118. The summed E-state index contributed by atoms with van der Waals surface area (Å²) in [7, 11) is 0. The van der Waals surface area contributed by atoms with Crippen LogP contribution in [0.1, 0.15) is 5.56 Å². The zero-order chi connectivity index (χ0) is 6.27. The lowest BCUT2D eigenvalue weighted by Gasteiger charge is -2.10. The highest BCUT2D eigenvalue weighted by molar-refractivity contribution is 6.05. The van der Waals surface area contributed by atoms with E-state index in [0.29, 0.717) is 0 Å². The van der Waals surface area contributed by atoms with Crippen molar-refractivity contribution in [3.05, 3.63) is 24.0 Å². The van der Waals surface area contributed by atoms with E-state index in [1.807, 2.05) is 0 Å². The first-order valence-electron chi connectivity index (χ1n) is 2.60. The molecule has 1 aliphatic heterocycles. The molecule has 0 aromatic carbocycles. The SMILES string of the molecule is OC1=Nc2cnccc21. The quantitative estimate of drug-likeness (QED) is 0.555. The second-order valence-electron chi connectivity index (χ2n) is 1.83. The van der Waals surface area contributed by atoms with Gasteiger partial charge in [0.1, 0.15) is 0 Å². The molecular formula is C6H4N2O. The lowest BCUT2D eigenvalue weighted by atomic mass is 10.1. The van der Waals surface area contributed by atoms with Gasteiger partial charge >= 0.3 is 0 Å². The normalized spacial score (nSPS) is 13.6. The molecule has 0 bridgehead atoms. The summed E-state index contributed by atoms with van der Waals surface area (Å²) in [5, 5.41) is 8.82. The third-order valence-corrected chi connectivity index (χ3v) is 1.27. The highest BCUT2D eigenvalue weighted by Gasteiger charge is 2.15. The summed E-state index contributed by atoms with van der Waals surface area (Å²) in [6, 6.07) is 1.73. The molecule has 0 amide bonds. The summed E-state index contributed by atoms with van der Waals surface area (Å²) in [6.45, 7) is 0. The molecule has 2 heterocycles. The second-order valence-corrected chi connectivity index (χ2v) is 1.83. The molecule has 0 aliphatic carbocycles. The minimum atomic E-state index is 0.118. The average molecular weight is 120 g/mol. The van der Waals surface area contributed by atoms with Crippen LogP contribution in [-0.4, -0.2) is 16.0 Å². The zero-order valence-electron chi connectivity index (χ0n) is 4.57. The van der Waals surface area contributed by atoms with Crippen molar-refractivity contribution in [1.82, 2.24) is 4.98 Å². The number of hydrogen-bond acceptors (Lipinski definition) is 2. The van der Waals surface area contributed by atoms with E-state index < -0.39 is 0 Å². The number of rotatable bonds is 0. The van der Waals surface area contributed by atoms with Gasteiger partial charge in [-0.05, 0) is 6.07 Å². The first kappa shape index (κ1) is 4.49. The number of aliphatic hydroxyl groups is 1. The Hall–Kier alpha value is -1.38. The van der Waals surface area contributed by atoms with Crippen molar-refractivity contribution in [1.29, 1.82) is 0 Å². The van der Waals surface area contributed by atoms with Gasteiger partial charge in [0.05, 0.1) is 17.4 Å². The van der Waals surface area contributed by atoms with E-state index in [-0.39, 0.29) is 5.90 Å². The molecule has 0 fully saturated rings. The van der Waals surface area contributed by atoms with E-state index in [1.165, 1.54) is 0 Å². The van der Waals surface area contributed by atoms with E-state index in [4.69, 9.17) is 5.11 Å². The molecule has 3 nitrogen and oxygen atoms in total. The molecule has 0 radical (unpaired) electrons. The van der Waals surface area contributed by atoms with Crippen molar-refractivity contribution < 1.29 is 5.11 Å². The Balaban J connectivity index is 2.61. The molecular weight excluding hydrogens is 116 g/mol. The van der Waals surface area contributed by atoms with Crippen LogP contribution in [0.2, 0.25) is 0 Å². The predicted molar refractivity (Wildman–Crippen MR) is 33.1 cm³/mol. The minimum absolute atomic E-state index is 0.118. The van der Waals surface area contributed by atoms with Gasteiger partial charge in [0.2, 0.25) is 5.90 Å². The molecule has 0 unspecified atom stereocenters. The number of pyridine rings is 1. The highest BCUT2D eigenvalue weighted by Crippen LogP contribution is 2.25. The fraction of sp³-hybridized carbons (Fsp3) is 0. The molecule has 2 rings (SSSR count). The topological polar surface area (TPSA) is 45.5 Å². The third kappa shape index (κ3) is 0.455. The lowest BCUT2D eigenvalue weighted by molar-refractivity contribution is 0.549. The van der Waals surface area contributed by atoms with Gasteiger partial charge in [-0.25, -0.2) is 4.99 Å². The van der Waals surface area contributed by atoms with Gasteiger partial charge < -0.3 is 5.11 Å². The van der Waals surface area contributed by atoms with Crippen LogP contribution in [0.3, 0.4) is 0 Å². The van der Waals surface area contributed by atoms with Crippen LogP contribution in [0, 0.1) is 0 Å². The molecule has 0 atom stereocenters. The number of nitrogens with zero attached hydrogens (tertiary/aromatic N) is 2. The van der Waals surface area contributed by atoms with E-state index in [2.05, 4.69) is 9.98 Å². The summed E-state index contributed by atoms with van der Waals surface area (Å²) in [5.41, 5.74) is 1.57. The van der Waals surface area contributed by atoms with Gasteiger partial charge in [0.15, 0.2) is 0 Å². The Morgan fingerprint density at radius 3 is 2.89 bits per heavy atom. The molecule has 1 aliphatic rings. The molecule has 0 saturated heterocycles. The van der Waals surface area contributed by atoms with Gasteiger partial charge in [-0.15, -0.1) is 0 Å². The summed E-state index contributed by atoms with van der Waals surface area (Å²) < 4.78 is 0. The van der Waals surface area contributed by atoms with Crippen molar-refractivity contribution in [3.8, 4) is 0 Å². The lowest BCUT2D eigenvalue weighted by Crippen LogP contribution is -2.07. The number of hydrogen-bond donors (Lipinski definition) is 1. The Morgan fingerprint density at radius 2 is 2.33 bits per heavy atom. The number of fused-ring (bicyclic) bond motifs is 1. The first-order chi connectivity index (χ1) is 4.38. The average Bonchev–Trinajstić information content (AvgIpc) is 1.86. The predicted octanol–water partition coefficient (Wildman–Crippen LogP) is 1.03. The van der Waals surface area contributed by atoms with Crippen molar-refractivity contribution in [2.24, 2.45) is 4.99 Å². The molecule has 0 spiro atoms. The summed E-state index contributed by atoms with van der Waals surface area (Å²) >= 11 is 0. The second kappa shape index (κ2) is 1.31. The largest absolute Gasteiger partial charge is 0.493 e. The monoisotopic (exact) mass is 120 g/mol. The molecule has 44 valence electrons. The minimum Gasteiger partial charge on any atom is -0.493 e. The van der Waals surface area contributed by atoms with E-state index >= 15 is 0 Å². The van der Waals surface area contributed by atoms with Gasteiger partial charge in [0.25, 0.3) is 0 Å². The fourth-order valence-electron chi connectivity index (χ4n) is 0.786. The van der Waals surface area contributed by atoms with Gasteiger partial charge in [-0.1, -0.05) is 0 Å². The van der Waals surface area contributed by atoms with Gasteiger partial charge in [-0.2, -0.15) is 0 Å². The Kier molecular flexibility index (Phi) is 0.656. The number of aliphatic imine (C=N–C) groups is 1. The number of aliphatic hydroxyl groups excluding tert-OH is 1. The molecule has 3 heteroatoms. The van der Waals surface area contributed by atoms with Crippen molar-refractivity contribution in [2.45, 2.75) is 0 Å². The standard InChI is InChI=1S/C6H4N2O/c9-6-4-1-2-7-3-5(4)8-6/h1-3H,(H,8,9). The van der Waals surface area contributed by atoms with Gasteiger partial charge in [-0.3, -0.25) is 4.98 Å². The Morgan fingerprint density at radius 1 is 1.44 bits per heavy atom. The van der Waals surface area contributed by atoms with E-state index in [9.17, 15) is 0 Å². The van der Waals surface area contributed by atoms with Crippen LogP contribution in [0.5, 0.6) is 0 Å². The van der Waals surface area contributed by atoms with Crippen LogP contribution < -0.4 is 0 Å². The maximum atomic E-state index is 8.82. The molecule has 1 aromatic rings. The van der Waals surface area contributed by atoms with Gasteiger partial charge in [0, 0.05) is 6.20 Å². The smallest absolute Gasteiger partial charge is 0.221 e. The Bertz CT molecular complexity index is 280. The van der Waals surface area contributed by atoms with Crippen LogP contribution in [0.25, 0.3) is 0 Å². The molecule has 1 N–H and O–H groups in total. The fourth-order valence-corrected chi connectivity index (χ4v) is 0.786.